The molecule has 0 bridgehead atoms. The first-order chi connectivity index (χ1) is 12.6. The second kappa shape index (κ2) is 7.95. The molecule has 0 unspecified atom stereocenters. The summed E-state index contributed by atoms with van der Waals surface area (Å²) in [6.07, 6.45) is 5.35. The molecule has 2 heterocycles. The number of terminal acetylenes is 1. The van der Waals surface area contributed by atoms with Crippen molar-refractivity contribution in [2.45, 2.75) is 0 Å². The van der Waals surface area contributed by atoms with E-state index >= 15 is 0 Å². The van der Waals surface area contributed by atoms with Gasteiger partial charge in [0.05, 0.1) is 11.4 Å². The van der Waals surface area contributed by atoms with Gasteiger partial charge in [0.1, 0.15) is 10.7 Å². The van der Waals surface area contributed by atoms with Crippen LogP contribution in [0, 0.1) is 12.3 Å². The van der Waals surface area contributed by atoms with Crippen LogP contribution in [0.25, 0.3) is 9.88 Å². The van der Waals surface area contributed by atoms with Gasteiger partial charge >= 0.3 is 0 Å². The molecule has 26 heavy (non-hydrogen) atoms. The average molecular weight is 381 g/mol. The first kappa shape index (κ1) is 17.9. The molecule has 1 N–H and O–H groups in total. The highest BCUT2D eigenvalue weighted by Gasteiger charge is 2.18. The summed E-state index contributed by atoms with van der Waals surface area (Å²) >= 11 is 2.98. The lowest BCUT2D eigenvalue weighted by molar-refractivity contribution is -0.116. The number of thiazole rings is 1. The summed E-state index contributed by atoms with van der Waals surface area (Å²) in [7, 11) is 1.57. The smallest absolute Gasteiger partial charge is 0.273 e. The molecule has 0 aliphatic carbocycles. The van der Waals surface area contributed by atoms with Crippen molar-refractivity contribution >= 4 is 40.2 Å². The Bertz CT molecular complexity index is 971. The van der Waals surface area contributed by atoms with Gasteiger partial charge in [0, 0.05) is 23.7 Å². The molecule has 3 rings (SSSR count). The molecule has 0 saturated carbocycles. The van der Waals surface area contributed by atoms with Crippen molar-refractivity contribution in [1.82, 2.24) is 9.88 Å². The maximum absolute atomic E-state index is 12.5. The Morgan fingerprint density at radius 1 is 1.27 bits per heavy atom. The zero-order chi connectivity index (χ0) is 18.5. The molecule has 0 aliphatic rings. The molecule has 0 fully saturated rings. The second-order valence-electron chi connectivity index (χ2n) is 5.45. The van der Waals surface area contributed by atoms with Crippen LogP contribution in [0.3, 0.4) is 0 Å². The number of hydrogen-bond acceptors (Lipinski definition) is 5. The van der Waals surface area contributed by atoms with Gasteiger partial charge in [0.25, 0.3) is 5.91 Å². The third-order valence-corrected chi connectivity index (χ3v) is 5.38. The van der Waals surface area contributed by atoms with Crippen LogP contribution in [0.5, 0.6) is 0 Å². The largest absolute Gasteiger partial charge is 0.331 e. The Labute approximate surface area is 159 Å². The number of anilines is 1. The minimum absolute atomic E-state index is 0.0784. The molecule has 0 spiro atoms. The SMILES string of the molecule is C#Cc1cccc(NC(=O)CN(C)C(=O)c2csc(-c3cccs3)n2)c1. The summed E-state index contributed by atoms with van der Waals surface area (Å²) in [5.41, 5.74) is 1.61. The topological polar surface area (TPSA) is 62.3 Å². The van der Waals surface area contributed by atoms with E-state index in [2.05, 4.69) is 16.2 Å². The molecule has 0 saturated heterocycles. The number of benzene rings is 1. The number of carbonyl (C=O) groups is 2. The van der Waals surface area contributed by atoms with E-state index in [0.717, 1.165) is 9.88 Å². The van der Waals surface area contributed by atoms with Gasteiger partial charge in [-0.15, -0.1) is 29.1 Å². The molecule has 1 aromatic carbocycles. The summed E-state index contributed by atoms with van der Waals surface area (Å²) in [4.78, 5) is 31.4. The van der Waals surface area contributed by atoms with Crippen LogP contribution < -0.4 is 5.32 Å². The maximum atomic E-state index is 12.5. The van der Waals surface area contributed by atoms with E-state index in [1.807, 2.05) is 17.5 Å². The first-order valence-electron chi connectivity index (χ1n) is 7.68. The van der Waals surface area contributed by atoms with E-state index in [0.29, 0.717) is 16.9 Å². The summed E-state index contributed by atoms with van der Waals surface area (Å²) in [6.45, 7) is -0.0784. The molecule has 130 valence electrons. The predicted octanol–water partition coefficient (Wildman–Crippen LogP) is 3.56. The minimum atomic E-state index is -0.302. The summed E-state index contributed by atoms with van der Waals surface area (Å²) < 4.78 is 0. The van der Waals surface area contributed by atoms with Crippen LogP contribution in [0.1, 0.15) is 16.1 Å². The summed E-state index contributed by atoms with van der Waals surface area (Å²) in [6, 6.07) is 10.9. The maximum Gasteiger partial charge on any atom is 0.273 e. The number of carbonyl (C=O) groups excluding carboxylic acids is 2. The lowest BCUT2D eigenvalue weighted by Crippen LogP contribution is -2.35. The molecule has 0 radical (unpaired) electrons. The zero-order valence-electron chi connectivity index (χ0n) is 13.9. The van der Waals surface area contributed by atoms with Crippen molar-refractivity contribution in [2.75, 3.05) is 18.9 Å². The standard InChI is InChI=1S/C19H15N3O2S2/c1-3-13-6-4-7-14(10-13)20-17(23)11-22(2)19(24)15-12-26-18(21-15)16-8-5-9-25-16/h1,4-10,12H,11H2,2H3,(H,20,23). The van der Waals surface area contributed by atoms with Crippen LogP contribution in [0.15, 0.2) is 47.2 Å². The van der Waals surface area contributed by atoms with Crippen molar-refractivity contribution in [2.24, 2.45) is 0 Å². The predicted molar refractivity (Wildman–Crippen MR) is 105 cm³/mol. The second-order valence-corrected chi connectivity index (χ2v) is 7.26. The van der Waals surface area contributed by atoms with Gasteiger partial charge in [-0.05, 0) is 29.6 Å². The molecule has 5 nitrogen and oxygen atoms in total. The zero-order valence-corrected chi connectivity index (χ0v) is 15.6. The van der Waals surface area contributed by atoms with E-state index in [1.165, 1.54) is 16.2 Å². The fourth-order valence-corrected chi connectivity index (χ4v) is 3.86. The van der Waals surface area contributed by atoms with Crippen molar-refractivity contribution in [3.05, 3.63) is 58.4 Å². The van der Waals surface area contributed by atoms with Crippen molar-refractivity contribution in [3.63, 3.8) is 0 Å². The van der Waals surface area contributed by atoms with Crippen molar-refractivity contribution < 1.29 is 9.59 Å². The quantitative estimate of drug-likeness (QED) is 0.688. The highest BCUT2D eigenvalue weighted by Crippen LogP contribution is 2.28. The van der Waals surface area contributed by atoms with E-state index in [4.69, 9.17) is 6.42 Å². The molecule has 2 aromatic heterocycles. The number of aromatic nitrogens is 1. The Morgan fingerprint density at radius 2 is 2.12 bits per heavy atom. The fourth-order valence-electron chi connectivity index (χ4n) is 2.26. The third-order valence-electron chi connectivity index (χ3n) is 3.50. The highest BCUT2D eigenvalue weighted by atomic mass is 32.1. The lowest BCUT2D eigenvalue weighted by Gasteiger charge is -2.15. The summed E-state index contributed by atoms with van der Waals surface area (Å²) in [5, 5.41) is 7.21. The third kappa shape index (κ3) is 4.17. The highest BCUT2D eigenvalue weighted by molar-refractivity contribution is 7.20. The van der Waals surface area contributed by atoms with Crippen LogP contribution in [0.2, 0.25) is 0 Å². The molecular weight excluding hydrogens is 366 g/mol. The van der Waals surface area contributed by atoms with Gasteiger partial charge < -0.3 is 10.2 Å². The Hall–Kier alpha value is -2.95. The number of amides is 2. The van der Waals surface area contributed by atoms with Crippen molar-refractivity contribution in [3.8, 4) is 22.2 Å². The number of thiophene rings is 1. The van der Waals surface area contributed by atoms with E-state index < -0.39 is 0 Å². The monoisotopic (exact) mass is 381 g/mol. The van der Waals surface area contributed by atoms with Crippen LogP contribution in [-0.2, 0) is 4.79 Å². The Morgan fingerprint density at radius 3 is 2.85 bits per heavy atom. The number of nitrogens with one attached hydrogen (secondary N) is 1. The number of nitrogens with zero attached hydrogens (tertiary/aromatic N) is 2. The van der Waals surface area contributed by atoms with E-state index in [1.54, 1.807) is 48.0 Å². The molecule has 0 aliphatic heterocycles. The molecular formula is C19H15N3O2S2. The van der Waals surface area contributed by atoms with Gasteiger partial charge in [-0.1, -0.05) is 18.1 Å². The van der Waals surface area contributed by atoms with Crippen LogP contribution >= 0.6 is 22.7 Å². The fraction of sp³-hybridized carbons (Fsp3) is 0.105. The lowest BCUT2D eigenvalue weighted by atomic mass is 10.2. The summed E-state index contributed by atoms with van der Waals surface area (Å²) in [5.74, 6) is 1.92. The van der Waals surface area contributed by atoms with Gasteiger partial charge in [-0.25, -0.2) is 4.98 Å². The molecule has 2 amide bonds. The van der Waals surface area contributed by atoms with Crippen molar-refractivity contribution in [1.29, 1.82) is 0 Å². The minimum Gasteiger partial charge on any atom is -0.331 e. The van der Waals surface area contributed by atoms with Crippen LogP contribution in [0.4, 0.5) is 5.69 Å². The van der Waals surface area contributed by atoms with Gasteiger partial charge in [-0.3, -0.25) is 9.59 Å². The van der Waals surface area contributed by atoms with Gasteiger partial charge in [0.15, 0.2) is 0 Å². The Kier molecular flexibility index (Phi) is 5.46. The van der Waals surface area contributed by atoms with E-state index in [9.17, 15) is 9.59 Å². The number of likely N-dealkylation sites (N-methyl/N-ethyl adjacent to an activating group) is 1. The molecule has 3 aromatic rings. The van der Waals surface area contributed by atoms with Crippen LogP contribution in [-0.4, -0.2) is 35.3 Å². The van der Waals surface area contributed by atoms with E-state index in [-0.39, 0.29) is 18.4 Å². The molecule has 0 atom stereocenters. The molecule has 7 heteroatoms. The average Bonchev–Trinajstić information content (AvgIpc) is 3.32. The normalized spacial score (nSPS) is 10.2. The van der Waals surface area contributed by atoms with Gasteiger partial charge in [0.2, 0.25) is 5.91 Å². The number of rotatable bonds is 5. The Balaban J connectivity index is 1.62. The number of hydrogen-bond donors (Lipinski definition) is 1. The van der Waals surface area contributed by atoms with Gasteiger partial charge in [-0.2, -0.15) is 0 Å². The first-order valence-corrected chi connectivity index (χ1v) is 9.44.